The maximum Gasteiger partial charge on any atom is 0.412 e. The molecule has 10 heteroatoms. The molecule has 0 aliphatic carbocycles. The van der Waals surface area contributed by atoms with E-state index in [4.69, 9.17) is 9.15 Å². The normalized spacial score (nSPS) is 12.2. The van der Waals surface area contributed by atoms with Gasteiger partial charge in [-0.25, -0.2) is 9.59 Å². The van der Waals surface area contributed by atoms with Gasteiger partial charge in [0.25, 0.3) is 6.01 Å². The van der Waals surface area contributed by atoms with Crippen LogP contribution in [0.4, 0.5) is 16.5 Å². The molecule has 186 valence electrons. The summed E-state index contributed by atoms with van der Waals surface area (Å²) in [5.74, 6) is -0.175. The summed E-state index contributed by atoms with van der Waals surface area (Å²) >= 11 is 0. The minimum Gasteiger partial charge on any atom is -0.444 e. The smallest absolute Gasteiger partial charge is 0.412 e. The molecular weight excluding hydrogens is 450 g/mol. The number of amides is 2. The lowest BCUT2D eigenvalue weighted by Crippen LogP contribution is -2.40. The number of carbonyl (C=O) groups is 2. The van der Waals surface area contributed by atoms with Gasteiger partial charge in [0, 0.05) is 31.7 Å². The first-order valence-electron chi connectivity index (χ1n) is 11.3. The topological polar surface area (TPSA) is 127 Å². The lowest BCUT2D eigenvalue weighted by atomic mass is 10.1. The zero-order valence-corrected chi connectivity index (χ0v) is 20.8. The van der Waals surface area contributed by atoms with Crippen LogP contribution in [-0.4, -0.2) is 52.1 Å². The number of ether oxygens (including phenoxy) is 1. The summed E-state index contributed by atoms with van der Waals surface area (Å²) in [5, 5.41) is 5.75. The van der Waals surface area contributed by atoms with E-state index in [2.05, 4.69) is 20.6 Å². The maximum absolute atomic E-state index is 12.8. The first kappa shape index (κ1) is 25.7. The maximum atomic E-state index is 12.8. The Labute approximate surface area is 203 Å². The van der Waals surface area contributed by atoms with Crippen molar-refractivity contribution < 1.29 is 18.7 Å². The average molecular weight is 482 g/mol. The van der Waals surface area contributed by atoms with E-state index >= 15 is 0 Å². The first-order chi connectivity index (χ1) is 16.4. The van der Waals surface area contributed by atoms with Crippen LogP contribution in [0.2, 0.25) is 0 Å². The zero-order valence-electron chi connectivity index (χ0n) is 20.8. The Balaban J connectivity index is 1.71. The van der Waals surface area contributed by atoms with Gasteiger partial charge in [-0.05, 0) is 70.4 Å². The average Bonchev–Trinajstić information content (AvgIpc) is 2.78. The number of aromatic nitrogens is 2. The van der Waals surface area contributed by atoms with Gasteiger partial charge in [-0.2, -0.15) is 4.98 Å². The lowest BCUT2D eigenvalue weighted by molar-refractivity contribution is -0.130. The number of nitrogens with zero attached hydrogens (tertiary/aromatic N) is 3. The van der Waals surface area contributed by atoms with Gasteiger partial charge in [0.1, 0.15) is 11.6 Å². The first-order valence-corrected chi connectivity index (χ1v) is 11.3. The van der Waals surface area contributed by atoms with Crippen molar-refractivity contribution in [3.05, 3.63) is 58.2 Å². The van der Waals surface area contributed by atoms with Crippen LogP contribution in [0.1, 0.15) is 38.8 Å². The number of likely N-dealkylation sites (N-methyl/N-ethyl adjacent to an activating group) is 1. The summed E-state index contributed by atoms with van der Waals surface area (Å²) in [7, 11) is 1.71. The summed E-state index contributed by atoms with van der Waals surface area (Å²) in [5.41, 5.74) is 1.04. The standard InChI is InChI=1S/C25H31N5O5/c1-15-18(29-24(33)35-25(3,4)5)9-10-19-20(15)22(32)34-23(28-19)27-16(2)21(31)30(6)13-11-17-8-7-12-26-14-17/h7-10,12,14,16H,11,13H2,1-6H3,(H,27,28)(H,29,33). The van der Waals surface area contributed by atoms with Gasteiger partial charge in [-0.15, -0.1) is 0 Å². The fourth-order valence-corrected chi connectivity index (χ4v) is 3.46. The molecule has 0 radical (unpaired) electrons. The predicted octanol–water partition coefficient (Wildman–Crippen LogP) is 3.74. The molecule has 0 bridgehead atoms. The van der Waals surface area contributed by atoms with Crippen LogP contribution in [0.25, 0.3) is 10.9 Å². The number of fused-ring (bicyclic) bond motifs is 1. The molecular formula is C25H31N5O5. The summed E-state index contributed by atoms with van der Waals surface area (Å²) in [6, 6.07) is 6.32. The van der Waals surface area contributed by atoms with E-state index in [1.165, 1.54) is 0 Å². The Morgan fingerprint density at radius 3 is 2.63 bits per heavy atom. The Bertz CT molecular complexity index is 1270. The van der Waals surface area contributed by atoms with E-state index in [1.54, 1.807) is 71.1 Å². The van der Waals surface area contributed by atoms with Crippen molar-refractivity contribution in [2.75, 3.05) is 24.2 Å². The molecule has 0 spiro atoms. The van der Waals surface area contributed by atoms with Gasteiger partial charge in [-0.1, -0.05) is 6.07 Å². The molecule has 0 aliphatic heterocycles. The monoisotopic (exact) mass is 481 g/mol. The second-order valence-corrected chi connectivity index (χ2v) is 9.30. The van der Waals surface area contributed by atoms with Crippen molar-refractivity contribution >= 4 is 34.6 Å². The number of carbonyl (C=O) groups excluding carboxylic acids is 2. The number of pyridine rings is 1. The molecule has 3 rings (SSSR count). The second kappa shape index (κ2) is 10.5. The molecule has 0 saturated carbocycles. The molecule has 3 aromatic rings. The number of anilines is 2. The van der Waals surface area contributed by atoms with Crippen molar-refractivity contribution in [1.82, 2.24) is 14.9 Å². The fraction of sp³-hybridized carbons (Fsp3) is 0.400. The fourth-order valence-electron chi connectivity index (χ4n) is 3.46. The molecule has 2 N–H and O–H groups in total. The molecule has 35 heavy (non-hydrogen) atoms. The third-order valence-electron chi connectivity index (χ3n) is 5.24. The van der Waals surface area contributed by atoms with E-state index in [0.29, 0.717) is 29.7 Å². The SMILES string of the molecule is Cc1c(NC(=O)OC(C)(C)C)ccc2nc(NC(C)C(=O)N(C)CCc3cccnc3)oc(=O)c12. The molecule has 1 aromatic carbocycles. The molecule has 0 saturated heterocycles. The number of hydrogen-bond donors (Lipinski definition) is 2. The Morgan fingerprint density at radius 2 is 1.97 bits per heavy atom. The third kappa shape index (κ3) is 6.78. The van der Waals surface area contributed by atoms with Gasteiger partial charge in [0.05, 0.1) is 10.9 Å². The largest absolute Gasteiger partial charge is 0.444 e. The van der Waals surface area contributed by atoms with Crippen LogP contribution < -0.4 is 16.3 Å². The van der Waals surface area contributed by atoms with Crippen molar-refractivity contribution in [1.29, 1.82) is 0 Å². The van der Waals surface area contributed by atoms with Crippen LogP contribution in [0.5, 0.6) is 0 Å². The number of nitrogens with one attached hydrogen (secondary N) is 2. The lowest BCUT2D eigenvalue weighted by Gasteiger charge is -2.22. The van der Waals surface area contributed by atoms with Crippen LogP contribution in [-0.2, 0) is 16.0 Å². The highest BCUT2D eigenvalue weighted by Gasteiger charge is 2.21. The number of aryl methyl sites for hydroxylation is 1. The third-order valence-corrected chi connectivity index (χ3v) is 5.24. The van der Waals surface area contributed by atoms with E-state index < -0.39 is 23.4 Å². The van der Waals surface area contributed by atoms with E-state index in [0.717, 1.165) is 5.56 Å². The molecule has 2 amide bonds. The highest BCUT2D eigenvalue weighted by atomic mass is 16.6. The van der Waals surface area contributed by atoms with Crippen molar-refractivity contribution in [3.63, 3.8) is 0 Å². The number of rotatable bonds is 7. The summed E-state index contributed by atoms with van der Waals surface area (Å²) in [4.78, 5) is 47.7. The molecule has 1 unspecified atom stereocenters. The highest BCUT2D eigenvalue weighted by molar-refractivity contribution is 5.93. The van der Waals surface area contributed by atoms with Crippen LogP contribution in [0.15, 0.2) is 45.9 Å². The summed E-state index contributed by atoms with van der Waals surface area (Å²) in [6.07, 6.45) is 3.51. The van der Waals surface area contributed by atoms with Crippen LogP contribution in [0, 0.1) is 6.92 Å². The van der Waals surface area contributed by atoms with Gasteiger partial charge in [0.2, 0.25) is 5.91 Å². The highest BCUT2D eigenvalue weighted by Crippen LogP contribution is 2.24. The Hall–Kier alpha value is -3.95. The minimum atomic E-state index is -0.670. The van der Waals surface area contributed by atoms with Gasteiger partial charge < -0.3 is 19.4 Å². The van der Waals surface area contributed by atoms with Crippen LogP contribution in [0.3, 0.4) is 0 Å². The van der Waals surface area contributed by atoms with E-state index in [-0.39, 0.29) is 17.3 Å². The minimum absolute atomic E-state index is 0.0590. The van der Waals surface area contributed by atoms with Gasteiger partial charge >= 0.3 is 11.7 Å². The van der Waals surface area contributed by atoms with E-state index in [1.807, 2.05) is 12.1 Å². The van der Waals surface area contributed by atoms with Crippen molar-refractivity contribution in [3.8, 4) is 0 Å². The number of hydrogen-bond acceptors (Lipinski definition) is 8. The molecule has 0 fully saturated rings. The molecule has 0 aliphatic rings. The predicted molar refractivity (Wildman–Crippen MR) is 134 cm³/mol. The van der Waals surface area contributed by atoms with Crippen LogP contribution >= 0.6 is 0 Å². The molecule has 2 heterocycles. The molecule has 2 aromatic heterocycles. The van der Waals surface area contributed by atoms with Crippen molar-refractivity contribution in [2.45, 2.75) is 52.7 Å². The van der Waals surface area contributed by atoms with Crippen molar-refractivity contribution in [2.24, 2.45) is 0 Å². The summed E-state index contributed by atoms with van der Waals surface area (Å²) in [6.45, 7) is 9.15. The van der Waals surface area contributed by atoms with Gasteiger partial charge in [0.15, 0.2) is 0 Å². The van der Waals surface area contributed by atoms with E-state index in [9.17, 15) is 14.4 Å². The Kier molecular flexibility index (Phi) is 7.73. The quantitative estimate of drug-likeness (QED) is 0.523. The van der Waals surface area contributed by atoms with Gasteiger partial charge in [-0.3, -0.25) is 15.1 Å². The zero-order chi connectivity index (χ0) is 25.8. The Morgan fingerprint density at radius 1 is 1.23 bits per heavy atom. The summed E-state index contributed by atoms with van der Waals surface area (Å²) < 4.78 is 10.6. The molecule has 10 nitrogen and oxygen atoms in total. The molecule has 1 atom stereocenters. The second-order valence-electron chi connectivity index (χ2n) is 9.30. The number of benzene rings is 1.